The molecular weight excluding hydrogens is 240 g/mol. The van der Waals surface area contributed by atoms with E-state index in [1.165, 1.54) is 19.3 Å². The molecule has 0 fully saturated rings. The van der Waals surface area contributed by atoms with Crippen LogP contribution in [0.25, 0.3) is 6.08 Å². The van der Waals surface area contributed by atoms with Crippen molar-refractivity contribution in [2.75, 3.05) is 7.11 Å². The number of hydrogen-bond acceptors (Lipinski definition) is 5. The summed E-state index contributed by atoms with van der Waals surface area (Å²) in [6, 6.07) is 4.15. The van der Waals surface area contributed by atoms with Gasteiger partial charge < -0.3 is 9.84 Å². The first-order valence-electron chi connectivity index (χ1n) is 4.67. The molecule has 7 nitrogen and oxygen atoms in total. The van der Waals surface area contributed by atoms with Crippen molar-refractivity contribution >= 4 is 17.7 Å². The number of ether oxygens (including phenoxy) is 1. The maximum Gasteiger partial charge on any atom is 0.328 e. The summed E-state index contributed by atoms with van der Waals surface area (Å²) >= 11 is 0. The van der Waals surface area contributed by atoms with Crippen molar-refractivity contribution < 1.29 is 19.6 Å². The zero-order valence-corrected chi connectivity index (χ0v) is 9.28. The number of rotatable bonds is 4. The molecule has 0 saturated carbocycles. The van der Waals surface area contributed by atoms with Crippen LogP contribution in [0.15, 0.2) is 18.2 Å². The monoisotopic (exact) mass is 248 g/mol. The van der Waals surface area contributed by atoms with E-state index in [1.54, 1.807) is 6.07 Å². The summed E-state index contributed by atoms with van der Waals surface area (Å²) in [6.45, 7) is 0. The van der Waals surface area contributed by atoms with E-state index in [2.05, 4.69) is 0 Å². The molecule has 0 unspecified atom stereocenters. The Balaban J connectivity index is 3.42. The fourth-order valence-electron chi connectivity index (χ4n) is 1.30. The van der Waals surface area contributed by atoms with Crippen molar-refractivity contribution in [1.29, 1.82) is 5.26 Å². The van der Waals surface area contributed by atoms with Crippen LogP contribution in [0.3, 0.4) is 0 Å². The fraction of sp³-hybridized carbons (Fsp3) is 0.0909. The molecule has 0 saturated heterocycles. The third-order valence-corrected chi connectivity index (χ3v) is 2.05. The number of carboxylic acids is 1. The predicted octanol–water partition coefficient (Wildman–Crippen LogP) is 1.57. The SMILES string of the molecule is COc1cc(/C=C/C(=O)O)cc([N+](=O)[O-])c1C#N. The van der Waals surface area contributed by atoms with Crippen molar-refractivity contribution in [2.45, 2.75) is 0 Å². The lowest BCUT2D eigenvalue weighted by Gasteiger charge is -2.04. The molecule has 0 bridgehead atoms. The Labute approximate surface area is 102 Å². The number of aliphatic carboxylic acids is 1. The van der Waals surface area contributed by atoms with Gasteiger partial charge in [0.25, 0.3) is 5.69 Å². The average Bonchev–Trinajstić information content (AvgIpc) is 2.34. The number of nitrogens with zero attached hydrogens (tertiary/aromatic N) is 2. The lowest BCUT2D eigenvalue weighted by Crippen LogP contribution is -1.97. The number of nitro benzene ring substituents is 1. The molecular formula is C11H8N2O5. The van der Waals surface area contributed by atoms with Gasteiger partial charge in [0.15, 0.2) is 5.56 Å². The van der Waals surface area contributed by atoms with Crippen LogP contribution < -0.4 is 4.74 Å². The van der Waals surface area contributed by atoms with Crippen LogP contribution in [0.1, 0.15) is 11.1 Å². The Morgan fingerprint density at radius 3 is 2.72 bits per heavy atom. The normalized spacial score (nSPS) is 10.0. The van der Waals surface area contributed by atoms with Gasteiger partial charge in [-0.05, 0) is 17.7 Å². The number of nitro groups is 1. The molecule has 1 aromatic carbocycles. The average molecular weight is 248 g/mol. The van der Waals surface area contributed by atoms with Gasteiger partial charge in [-0.2, -0.15) is 5.26 Å². The minimum absolute atomic E-state index is 0.0248. The standard InChI is InChI=1S/C11H8N2O5/c1-18-10-5-7(2-3-11(14)15)4-9(13(16)17)8(10)6-12/h2-5H,1H3,(H,14,15)/b3-2+. The highest BCUT2D eigenvalue weighted by atomic mass is 16.6. The predicted molar refractivity (Wildman–Crippen MR) is 61.0 cm³/mol. The van der Waals surface area contributed by atoms with Gasteiger partial charge in [-0.1, -0.05) is 0 Å². The molecule has 1 N–H and O–H groups in total. The minimum Gasteiger partial charge on any atom is -0.495 e. The Kier molecular flexibility index (Phi) is 3.99. The van der Waals surface area contributed by atoms with Gasteiger partial charge in [0, 0.05) is 12.1 Å². The van der Waals surface area contributed by atoms with Gasteiger partial charge >= 0.3 is 5.97 Å². The number of nitriles is 1. The zero-order chi connectivity index (χ0) is 13.7. The molecule has 0 aliphatic carbocycles. The van der Waals surface area contributed by atoms with Gasteiger partial charge in [0.05, 0.1) is 12.0 Å². The summed E-state index contributed by atoms with van der Waals surface area (Å²) in [5.74, 6) is -1.15. The lowest BCUT2D eigenvalue weighted by molar-refractivity contribution is -0.385. The first-order valence-corrected chi connectivity index (χ1v) is 4.67. The number of hydrogen-bond donors (Lipinski definition) is 1. The van der Waals surface area contributed by atoms with Crippen molar-refractivity contribution in [1.82, 2.24) is 0 Å². The van der Waals surface area contributed by atoms with Crippen LogP contribution in [-0.4, -0.2) is 23.1 Å². The van der Waals surface area contributed by atoms with Gasteiger partial charge in [-0.15, -0.1) is 0 Å². The summed E-state index contributed by atoms with van der Waals surface area (Å²) in [6.07, 6.45) is 2.02. The summed E-state index contributed by atoms with van der Waals surface area (Å²) in [7, 11) is 1.27. The fourth-order valence-corrected chi connectivity index (χ4v) is 1.30. The number of methoxy groups -OCH3 is 1. The third kappa shape index (κ3) is 2.82. The van der Waals surface area contributed by atoms with Crippen LogP contribution >= 0.6 is 0 Å². The van der Waals surface area contributed by atoms with Crippen LogP contribution in [0, 0.1) is 21.4 Å². The van der Waals surface area contributed by atoms with E-state index >= 15 is 0 Å². The number of benzene rings is 1. The molecule has 0 aliphatic rings. The molecule has 92 valence electrons. The van der Waals surface area contributed by atoms with E-state index in [4.69, 9.17) is 15.1 Å². The molecule has 0 aromatic heterocycles. The number of carboxylic acid groups (broad SMARTS) is 1. The van der Waals surface area contributed by atoms with Gasteiger partial charge in [0.1, 0.15) is 11.8 Å². The first-order chi connectivity index (χ1) is 8.49. The van der Waals surface area contributed by atoms with E-state index in [9.17, 15) is 14.9 Å². The molecule has 1 aromatic rings. The lowest BCUT2D eigenvalue weighted by atomic mass is 10.1. The summed E-state index contributed by atoms with van der Waals surface area (Å²) in [4.78, 5) is 20.4. The van der Waals surface area contributed by atoms with Gasteiger partial charge in [-0.25, -0.2) is 4.79 Å². The Morgan fingerprint density at radius 2 is 2.28 bits per heavy atom. The quantitative estimate of drug-likeness (QED) is 0.491. The van der Waals surface area contributed by atoms with E-state index in [1.807, 2.05) is 0 Å². The van der Waals surface area contributed by atoms with E-state index in [0.717, 1.165) is 12.1 Å². The van der Waals surface area contributed by atoms with Crippen molar-refractivity contribution in [2.24, 2.45) is 0 Å². The topological polar surface area (TPSA) is 113 Å². The van der Waals surface area contributed by atoms with Crippen molar-refractivity contribution in [3.8, 4) is 11.8 Å². The highest BCUT2D eigenvalue weighted by molar-refractivity contribution is 5.85. The van der Waals surface area contributed by atoms with Crippen LogP contribution in [-0.2, 0) is 4.79 Å². The first kappa shape index (κ1) is 13.2. The molecule has 0 atom stereocenters. The Hall–Kier alpha value is -2.88. The Morgan fingerprint density at radius 1 is 1.61 bits per heavy atom. The second-order valence-corrected chi connectivity index (χ2v) is 3.16. The third-order valence-electron chi connectivity index (χ3n) is 2.05. The van der Waals surface area contributed by atoms with Crippen LogP contribution in [0.2, 0.25) is 0 Å². The van der Waals surface area contributed by atoms with E-state index < -0.39 is 16.6 Å². The number of carbonyl (C=O) groups is 1. The molecule has 0 aliphatic heterocycles. The van der Waals surface area contributed by atoms with Gasteiger partial charge in [0.2, 0.25) is 0 Å². The summed E-state index contributed by atoms with van der Waals surface area (Å²) < 4.78 is 4.87. The van der Waals surface area contributed by atoms with Crippen LogP contribution in [0.5, 0.6) is 5.75 Å². The maximum absolute atomic E-state index is 10.8. The second-order valence-electron chi connectivity index (χ2n) is 3.16. The molecule has 7 heteroatoms. The molecule has 0 radical (unpaired) electrons. The highest BCUT2D eigenvalue weighted by Crippen LogP contribution is 2.30. The molecule has 0 amide bonds. The second kappa shape index (κ2) is 5.45. The maximum atomic E-state index is 10.8. The largest absolute Gasteiger partial charge is 0.495 e. The van der Waals surface area contributed by atoms with Gasteiger partial charge in [-0.3, -0.25) is 10.1 Å². The van der Waals surface area contributed by atoms with Crippen LogP contribution in [0.4, 0.5) is 5.69 Å². The smallest absolute Gasteiger partial charge is 0.328 e. The highest BCUT2D eigenvalue weighted by Gasteiger charge is 2.19. The molecule has 18 heavy (non-hydrogen) atoms. The minimum atomic E-state index is -1.18. The summed E-state index contributed by atoms with van der Waals surface area (Å²) in [5, 5.41) is 28.1. The van der Waals surface area contributed by atoms with E-state index in [0.29, 0.717) is 0 Å². The molecule has 0 spiro atoms. The van der Waals surface area contributed by atoms with E-state index in [-0.39, 0.29) is 16.9 Å². The Bertz CT molecular complexity index is 572. The molecule has 1 rings (SSSR count). The summed E-state index contributed by atoms with van der Waals surface area (Å²) in [5.41, 5.74) is -0.364. The van der Waals surface area contributed by atoms with Crippen molar-refractivity contribution in [3.63, 3.8) is 0 Å². The molecule has 0 heterocycles. The van der Waals surface area contributed by atoms with Crippen molar-refractivity contribution in [3.05, 3.63) is 39.4 Å². The zero-order valence-electron chi connectivity index (χ0n) is 9.28.